The van der Waals surface area contributed by atoms with Crippen molar-refractivity contribution < 1.29 is 0 Å². The molecule has 20 heavy (non-hydrogen) atoms. The first-order valence-corrected chi connectivity index (χ1v) is 9.24. The molecule has 0 atom stereocenters. The zero-order valence-electron chi connectivity index (χ0n) is 13.9. The molecular weight excluding hydrogens is 244 g/mol. The third-order valence-corrected chi connectivity index (χ3v) is 5.38. The molecule has 0 aromatic rings. The minimum Gasteiger partial charge on any atom is -0.315 e. The van der Waals surface area contributed by atoms with Gasteiger partial charge >= 0.3 is 0 Å². The van der Waals surface area contributed by atoms with E-state index in [4.69, 9.17) is 0 Å². The topological polar surface area (TPSA) is 15.3 Å². The molecule has 1 spiro atoms. The summed E-state index contributed by atoms with van der Waals surface area (Å²) in [4.78, 5) is 2.80. The monoisotopic (exact) mass is 280 g/mol. The Morgan fingerprint density at radius 2 is 1.40 bits per heavy atom. The highest BCUT2D eigenvalue weighted by atomic mass is 15.3. The van der Waals surface area contributed by atoms with E-state index in [9.17, 15) is 0 Å². The summed E-state index contributed by atoms with van der Waals surface area (Å²) in [6.45, 7) is 9.94. The Hall–Kier alpha value is -0.0800. The molecule has 2 aliphatic heterocycles. The van der Waals surface area contributed by atoms with Gasteiger partial charge in [0.25, 0.3) is 0 Å². The van der Waals surface area contributed by atoms with Gasteiger partial charge in [0, 0.05) is 37.6 Å². The van der Waals surface area contributed by atoms with Crippen molar-refractivity contribution in [1.29, 1.82) is 0 Å². The molecule has 0 aromatic carbocycles. The molecule has 0 unspecified atom stereocenters. The Bertz CT molecular complexity index is 240. The molecule has 2 heterocycles. The normalized spacial score (nSPS) is 21.1. The van der Waals surface area contributed by atoms with Crippen molar-refractivity contribution in [3.05, 3.63) is 0 Å². The highest BCUT2D eigenvalue weighted by molar-refractivity contribution is 5.05. The van der Waals surface area contributed by atoms with Crippen molar-refractivity contribution in [2.75, 3.05) is 26.2 Å². The van der Waals surface area contributed by atoms with Crippen molar-refractivity contribution in [3.63, 3.8) is 0 Å². The smallest absolute Gasteiger partial charge is 0.0207 e. The summed E-state index contributed by atoms with van der Waals surface area (Å²) in [5.41, 5.74) is 0.699. The van der Waals surface area contributed by atoms with Gasteiger partial charge in [-0.1, -0.05) is 65.2 Å². The zero-order chi connectivity index (χ0) is 14.3. The fraction of sp³-hybridized carbons (Fsp3) is 1.00. The van der Waals surface area contributed by atoms with E-state index in [-0.39, 0.29) is 0 Å². The van der Waals surface area contributed by atoms with E-state index in [0.29, 0.717) is 5.41 Å². The van der Waals surface area contributed by atoms with Crippen LogP contribution in [0.4, 0.5) is 0 Å². The van der Waals surface area contributed by atoms with Crippen molar-refractivity contribution in [2.24, 2.45) is 5.41 Å². The molecule has 2 fully saturated rings. The largest absolute Gasteiger partial charge is 0.315 e. The van der Waals surface area contributed by atoms with Gasteiger partial charge in [0.15, 0.2) is 0 Å². The summed E-state index contributed by atoms with van der Waals surface area (Å²) in [6, 6.07) is 0.898. The SMILES string of the molecule is CCCCCCC(CCCCCC)N1CC2(CNC2)C1. The molecule has 0 bridgehead atoms. The third-order valence-electron chi connectivity index (χ3n) is 5.38. The quantitative estimate of drug-likeness (QED) is 0.571. The average molecular weight is 280 g/mol. The van der Waals surface area contributed by atoms with Gasteiger partial charge in [-0.15, -0.1) is 0 Å². The molecule has 2 nitrogen and oxygen atoms in total. The molecule has 1 N–H and O–H groups in total. The van der Waals surface area contributed by atoms with Crippen molar-refractivity contribution in [2.45, 2.75) is 84.1 Å². The third kappa shape index (κ3) is 4.46. The van der Waals surface area contributed by atoms with Crippen LogP contribution in [0.1, 0.15) is 78.1 Å². The number of hydrogen-bond donors (Lipinski definition) is 1. The zero-order valence-corrected chi connectivity index (χ0v) is 13.9. The number of nitrogens with zero attached hydrogens (tertiary/aromatic N) is 1. The van der Waals surface area contributed by atoms with E-state index in [1.54, 1.807) is 0 Å². The van der Waals surface area contributed by atoms with E-state index in [0.717, 1.165) is 6.04 Å². The molecule has 0 amide bonds. The van der Waals surface area contributed by atoms with Crippen molar-refractivity contribution >= 4 is 0 Å². The van der Waals surface area contributed by atoms with Gasteiger partial charge in [-0.25, -0.2) is 0 Å². The summed E-state index contributed by atoms with van der Waals surface area (Å²) < 4.78 is 0. The molecule has 0 saturated carbocycles. The molecule has 2 heteroatoms. The first-order valence-electron chi connectivity index (χ1n) is 9.24. The van der Waals surface area contributed by atoms with Gasteiger partial charge in [0.2, 0.25) is 0 Å². The van der Waals surface area contributed by atoms with Gasteiger partial charge in [0.05, 0.1) is 0 Å². The van der Waals surface area contributed by atoms with Crippen LogP contribution in [0, 0.1) is 5.41 Å². The van der Waals surface area contributed by atoms with Gasteiger partial charge < -0.3 is 5.32 Å². The molecule has 0 radical (unpaired) electrons. The molecular formula is C18H36N2. The molecule has 2 saturated heterocycles. The Morgan fingerprint density at radius 3 is 1.80 bits per heavy atom. The van der Waals surface area contributed by atoms with Gasteiger partial charge in [-0.05, 0) is 12.8 Å². The second kappa shape index (κ2) is 8.38. The summed E-state index contributed by atoms with van der Waals surface area (Å²) in [5.74, 6) is 0. The maximum absolute atomic E-state index is 3.46. The first-order chi connectivity index (χ1) is 9.79. The average Bonchev–Trinajstić information content (AvgIpc) is 2.35. The minimum atomic E-state index is 0.699. The molecule has 2 rings (SSSR count). The van der Waals surface area contributed by atoms with Crippen LogP contribution in [-0.2, 0) is 0 Å². The van der Waals surface area contributed by atoms with Gasteiger partial charge in [-0.3, -0.25) is 4.90 Å². The van der Waals surface area contributed by atoms with Crippen LogP contribution in [0.2, 0.25) is 0 Å². The predicted molar refractivity (Wildman–Crippen MR) is 88.2 cm³/mol. The van der Waals surface area contributed by atoms with Crippen molar-refractivity contribution in [3.8, 4) is 0 Å². The summed E-state index contributed by atoms with van der Waals surface area (Å²) >= 11 is 0. The highest BCUT2D eigenvalue weighted by Crippen LogP contribution is 2.37. The van der Waals surface area contributed by atoms with E-state index >= 15 is 0 Å². The fourth-order valence-electron chi connectivity index (χ4n) is 3.90. The maximum atomic E-state index is 3.46. The number of likely N-dealkylation sites (tertiary alicyclic amines) is 1. The molecule has 0 aliphatic carbocycles. The van der Waals surface area contributed by atoms with Crippen LogP contribution < -0.4 is 5.32 Å². The number of rotatable bonds is 11. The lowest BCUT2D eigenvalue weighted by Crippen LogP contribution is -2.72. The van der Waals surface area contributed by atoms with E-state index in [1.165, 1.54) is 90.4 Å². The van der Waals surface area contributed by atoms with Crippen LogP contribution >= 0.6 is 0 Å². The van der Waals surface area contributed by atoms with E-state index in [1.807, 2.05) is 0 Å². The number of nitrogens with one attached hydrogen (secondary N) is 1. The minimum absolute atomic E-state index is 0.699. The number of hydrogen-bond acceptors (Lipinski definition) is 2. The first kappa shape index (κ1) is 16.3. The second-order valence-corrected chi connectivity index (χ2v) is 7.36. The molecule has 0 aromatic heterocycles. The maximum Gasteiger partial charge on any atom is 0.0207 e. The summed E-state index contributed by atoms with van der Waals surface area (Å²) in [6.07, 6.45) is 14.3. The van der Waals surface area contributed by atoms with Crippen LogP contribution in [0.3, 0.4) is 0 Å². The lowest BCUT2D eigenvalue weighted by Gasteiger charge is -2.58. The van der Waals surface area contributed by atoms with E-state index in [2.05, 4.69) is 24.1 Å². The Kier molecular flexibility index (Phi) is 6.83. The van der Waals surface area contributed by atoms with E-state index < -0.39 is 0 Å². The van der Waals surface area contributed by atoms with Crippen molar-refractivity contribution in [1.82, 2.24) is 10.2 Å². The summed E-state index contributed by atoms with van der Waals surface area (Å²) in [5, 5.41) is 3.46. The molecule has 118 valence electrons. The fourth-order valence-corrected chi connectivity index (χ4v) is 3.90. The van der Waals surface area contributed by atoms with Crippen LogP contribution in [0.25, 0.3) is 0 Å². The number of unbranched alkanes of at least 4 members (excludes halogenated alkanes) is 6. The summed E-state index contributed by atoms with van der Waals surface area (Å²) in [7, 11) is 0. The van der Waals surface area contributed by atoms with Crippen LogP contribution in [0.5, 0.6) is 0 Å². The second-order valence-electron chi connectivity index (χ2n) is 7.36. The Balaban J connectivity index is 1.66. The lowest BCUT2D eigenvalue weighted by molar-refractivity contribution is -0.0691. The molecule has 2 aliphatic rings. The predicted octanol–water partition coefficient (Wildman–Crippen LogP) is 4.20. The standard InChI is InChI=1S/C18H36N2/c1-3-5-7-9-11-17(12-10-8-6-4-2)20-15-18(16-20)13-19-14-18/h17,19H,3-16H2,1-2H3. The Morgan fingerprint density at radius 1 is 0.850 bits per heavy atom. The van der Waals surface area contributed by atoms with Crippen LogP contribution in [-0.4, -0.2) is 37.1 Å². The van der Waals surface area contributed by atoms with Crippen LogP contribution in [0.15, 0.2) is 0 Å². The Labute approximate surface area is 126 Å². The van der Waals surface area contributed by atoms with Gasteiger partial charge in [0.1, 0.15) is 0 Å². The van der Waals surface area contributed by atoms with Gasteiger partial charge in [-0.2, -0.15) is 0 Å². The highest BCUT2D eigenvalue weighted by Gasteiger charge is 2.48. The lowest BCUT2D eigenvalue weighted by atomic mass is 9.73.